The fourth-order valence-electron chi connectivity index (χ4n) is 1.52. The lowest BCUT2D eigenvalue weighted by molar-refractivity contribution is 0.414. The molecule has 0 amide bonds. The van der Waals surface area contributed by atoms with Crippen molar-refractivity contribution in [1.82, 2.24) is 0 Å². The molecule has 84 valence electrons. The summed E-state index contributed by atoms with van der Waals surface area (Å²) >= 11 is 7.79. The van der Waals surface area contributed by atoms with Crippen LogP contribution in [0.1, 0.15) is 17.2 Å². The first-order valence-corrected chi connectivity index (χ1v) is 6.15. The molecule has 1 heterocycles. The van der Waals surface area contributed by atoms with Gasteiger partial charge in [0.15, 0.2) is 0 Å². The number of benzene rings is 1. The molecule has 1 unspecified atom stereocenters. The summed E-state index contributed by atoms with van der Waals surface area (Å²) in [7, 11) is 1.62. The molecule has 0 bridgehead atoms. The monoisotopic (exact) mass is 253 g/mol. The van der Waals surface area contributed by atoms with Gasteiger partial charge in [0.2, 0.25) is 0 Å². The van der Waals surface area contributed by atoms with Crippen LogP contribution in [0.3, 0.4) is 0 Å². The lowest BCUT2D eigenvalue weighted by atomic mass is 10.0. The highest BCUT2D eigenvalue weighted by atomic mass is 35.5. The molecule has 0 radical (unpaired) electrons. The van der Waals surface area contributed by atoms with E-state index in [9.17, 15) is 0 Å². The highest BCUT2D eigenvalue weighted by Crippen LogP contribution is 2.30. The van der Waals surface area contributed by atoms with E-state index in [0.717, 1.165) is 16.9 Å². The summed E-state index contributed by atoms with van der Waals surface area (Å²) in [6.45, 7) is 0. The maximum Gasteiger partial charge on any atom is 0.120 e. The van der Waals surface area contributed by atoms with Gasteiger partial charge in [0.1, 0.15) is 5.75 Å². The lowest BCUT2D eigenvalue weighted by Gasteiger charge is -2.13. The first-order valence-electron chi connectivity index (χ1n) is 4.83. The Morgan fingerprint density at radius 3 is 2.75 bits per heavy atom. The van der Waals surface area contributed by atoms with Crippen LogP contribution >= 0.6 is 22.9 Å². The summed E-state index contributed by atoms with van der Waals surface area (Å²) in [6.07, 6.45) is 0. The summed E-state index contributed by atoms with van der Waals surface area (Å²) in [5, 5.41) is 4.68. The minimum atomic E-state index is -0.176. The van der Waals surface area contributed by atoms with Crippen molar-refractivity contribution in [2.75, 3.05) is 7.11 Å². The molecule has 0 saturated heterocycles. The second-order valence-corrected chi connectivity index (χ2v) is 4.61. The van der Waals surface area contributed by atoms with E-state index >= 15 is 0 Å². The molecule has 1 aromatic carbocycles. The van der Waals surface area contributed by atoms with Crippen molar-refractivity contribution in [1.29, 1.82) is 0 Å². The van der Waals surface area contributed by atoms with Crippen LogP contribution in [0.25, 0.3) is 0 Å². The SMILES string of the molecule is COc1ccc(C(N)c2ccsc2)c(Cl)c1. The number of hydrogen-bond acceptors (Lipinski definition) is 3. The highest BCUT2D eigenvalue weighted by molar-refractivity contribution is 7.08. The fraction of sp³-hybridized carbons (Fsp3) is 0.167. The molecule has 0 spiro atoms. The van der Waals surface area contributed by atoms with Gasteiger partial charge < -0.3 is 10.5 Å². The minimum Gasteiger partial charge on any atom is -0.497 e. The second kappa shape index (κ2) is 4.87. The molecule has 4 heteroatoms. The Hall–Kier alpha value is -1.03. The van der Waals surface area contributed by atoms with Crippen molar-refractivity contribution in [3.8, 4) is 5.75 Å². The number of ether oxygens (including phenoxy) is 1. The zero-order valence-corrected chi connectivity index (χ0v) is 10.4. The van der Waals surface area contributed by atoms with E-state index in [2.05, 4.69) is 0 Å². The zero-order valence-electron chi connectivity index (χ0n) is 8.81. The van der Waals surface area contributed by atoms with Crippen molar-refractivity contribution in [3.63, 3.8) is 0 Å². The molecule has 2 nitrogen and oxygen atoms in total. The van der Waals surface area contributed by atoms with Crippen LogP contribution in [-0.4, -0.2) is 7.11 Å². The van der Waals surface area contributed by atoms with E-state index in [1.54, 1.807) is 24.5 Å². The largest absolute Gasteiger partial charge is 0.497 e. The van der Waals surface area contributed by atoms with Gasteiger partial charge >= 0.3 is 0 Å². The fourth-order valence-corrected chi connectivity index (χ4v) is 2.50. The van der Waals surface area contributed by atoms with Crippen LogP contribution in [0.15, 0.2) is 35.0 Å². The summed E-state index contributed by atoms with van der Waals surface area (Å²) in [5.41, 5.74) is 8.13. The Bertz CT molecular complexity index is 470. The van der Waals surface area contributed by atoms with Crippen LogP contribution in [0, 0.1) is 0 Å². The predicted octanol–water partition coefficient (Wildman–Crippen LogP) is 3.46. The normalized spacial score (nSPS) is 12.4. The van der Waals surface area contributed by atoms with Crippen LogP contribution in [0.2, 0.25) is 5.02 Å². The van der Waals surface area contributed by atoms with Gasteiger partial charge in [-0.15, -0.1) is 0 Å². The molecule has 16 heavy (non-hydrogen) atoms. The van der Waals surface area contributed by atoms with Gasteiger partial charge in [-0.05, 0) is 40.1 Å². The summed E-state index contributed by atoms with van der Waals surface area (Å²) in [4.78, 5) is 0. The van der Waals surface area contributed by atoms with Gasteiger partial charge in [-0.3, -0.25) is 0 Å². The van der Waals surface area contributed by atoms with E-state index in [1.165, 1.54) is 0 Å². The van der Waals surface area contributed by atoms with Gasteiger partial charge in [0.05, 0.1) is 13.2 Å². The van der Waals surface area contributed by atoms with Gasteiger partial charge in [0.25, 0.3) is 0 Å². The van der Waals surface area contributed by atoms with Crippen LogP contribution in [-0.2, 0) is 0 Å². The maximum absolute atomic E-state index is 6.16. The topological polar surface area (TPSA) is 35.2 Å². The average Bonchev–Trinajstić information content (AvgIpc) is 2.81. The Balaban J connectivity index is 2.34. The third kappa shape index (κ3) is 2.21. The first kappa shape index (κ1) is 11.5. The molecule has 2 N–H and O–H groups in total. The van der Waals surface area contributed by atoms with Crippen LogP contribution in [0.5, 0.6) is 5.75 Å². The van der Waals surface area contributed by atoms with E-state index in [0.29, 0.717) is 5.02 Å². The van der Waals surface area contributed by atoms with E-state index in [-0.39, 0.29) is 6.04 Å². The van der Waals surface area contributed by atoms with Crippen molar-refractivity contribution < 1.29 is 4.74 Å². The number of thiophene rings is 1. The lowest BCUT2D eigenvalue weighted by Crippen LogP contribution is -2.11. The second-order valence-electron chi connectivity index (χ2n) is 3.42. The third-order valence-electron chi connectivity index (χ3n) is 2.44. The Labute approximate surface area is 104 Å². The molecule has 0 aliphatic rings. The van der Waals surface area contributed by atoms with Crippen LogP contribution in [0.4, 0.5) is 0 Å². The number of rotatable bonds is 3. The Kier molecular flexibility index (Phi) is 3.49. The molecule has 2 rings (SSSR count). The molecule has 2 aromatic rings. The van der Waals surface area contributed by atoms with Gasteiger partial charge in [-0.25, -0.2) is 0 Å². The highest BCUT2D eigenvalue weighted by Gasteiger charge is 2.13. The Morgan fingerprint density at radius 1 is 1.38 bits per heavy atom. The number of hydrogen-bond donors (Lipinski definition) is 1. The average molecular weight is 254 g/mol. The quantitative estimate of drug-likeness (QED) is 0.909. The number of halogens is 1. The molecule has 1 atom stereocenters. The minimum absolute atomic E-state index is 0.176. The molecule has 0 aliphatic carbocycles. The van der Waals surface area contributed by atoms with E-state index < -0.39 is 0 Å². The van der Waals surface area contributed by atoms with E-state index in [4.69, 9.17) is 22.1 Å². The summed E-state index contributed by atoms with van der Waals surface area (Å²) in [6, 6.07) is 7.39. The van der Waals surface area contributed by atoms with Crippen molar-refractivity contribution in [2.24, 2.45) is 5.73 Å². The zero-order chi connectivity index (χ0) is 11.5. The molecular formula is C12H12ClNOS. The summed E-state index contributed by atoms with van der Waals surface area (Å²) in [5.74, 6) is 0.742. The molecule has 0 saturated carbocycles. The van der Waals surface area contributed by atoms with Gasteiger partial charge in [0, 0.05) is 5.02 Å². The third-order valence-corrected chi connectivity index (χ3v) is 3.47. The van der Waals surface area contributed by atoms with Gasteiger partial charge in [-0.2, -0.15) is 11.3 Å². The van der Waals surface area contributed by atoms with Crippen molar-refractivity contribution in [2.45, 2.75) is 6.04 Å². The molecule has 0 aliphatic heterocycles. The number of nitrogens with two attached hydrogens (primary N) is 1. The smallest absolute Gasteiger partial charge is 0.120 e. The van der Waals surface area contributed by atoms with Crippen molar-refractivity contribution in [3.05, 3.63) is 51.2 Å². The standard InChI is InChI=1S/C12H12ClNOS/c1-15-9-2-3-10(11(13)6-9)12(14)8-4-5-16-7-8/h2-7,12H,14H2,1H3. The molecular weight excluding hydrogens is 242 g/mol. The summed E-state index contributed by atoms with van der Waals surface area (Å²) < 4.78 is 5.10. The molecule has 0 fully saturated rings. The predicted molar refractivity (Wildman–Crippen MR) is 68.4 cm³/mol. The van der Waals surface area contributed by atoms with Crippen molar-refractivity contribution >= 4 is 22.9 Å². The van der Waals surface area contributed by atoms with E-state index in [1.807, 2.05) is 29.0 Å². The Morgan fingerprint density at radius 2 is 2.19 bits per heavy atom. The first-order chi connectivity index (χ1) is 7.72. The van der Waals surface area contributed by atoms with Gasteiger partial charge in [-0.1, -0.05) is 17.7 Å². The van der Waals surface area contributed by atoms with Crippen LogP contribution < -0.4 is 10.5 Å². The maximum atomic E-state index is 6.16. The molecule has 1 aromatic heterocycles. The number of methoxy groups -OCH3 is 1.